The lowest BCUT2D eigenvalue weighted by Gasteiger charge is -2.09. The zero-order chi connectivity index (χ0) is 17.6. The van der Waals surface area contributed by atoms with Gasteiger partial charge in [-0.2, -0.15) is 0 Å². The molecule has 24 heavy (non-hydrogen) atoms. The van der Waals surface area contributed by atoms with Crippen LogP contribution in [0.4, 0.5) is 11.4 Å². The highest BCUT2D eigenvalue weighted by atomic mass is 32.2. The zero-order valence-corrected chi connectivity index (χ0v) is 14.0. The third-order valence-electron chi connectivity index (χ3n) is 3.28. The second-order valence-electron chi connectivity index (χ2n) is 5.07. The Morgan fingerprint density at radius 1 is 1.17 bits per heavy atom. The van der Waals surface area contributed by atoms with Crippen molar-refractivity contribution in [2.75, 3.05) is 17.1 Å². The largest absolute Gasteiger partial charge is 0.492 e. The molecule has 0 aliphatic heterocycles. The first-order valence-corrected chi connectivity index (χ1v) is 9.01. The van der Waals surface area contributed by atoms with Crippen molar-refractivity contribution in [3.63, 3.8) is 0 Å². The van der Waals surface area contributed by atoms with Gasteiger partial charge in [0.25, 0.3) is 5.69 Å². The molecule has 0 atom stereocenters. The van der Waals surface area contributed by atoms with Gasteiger partial charge in [-0.05, 0) is 30.2 Å². The molecule has 1 N–H and O–H groups in total. The maximum absolute atomic E-state index is 12.0. The Hall–Kier alpha value is -2.61. The van der Waals surface area contributed by atoms with Gasteiger partial charge in [-0.25, -0.2) is 8.42 Å². The second-order valence-corrected chi connectivity index (χ2v) is 6.92. The summed E-state index contributed by atoms with van der Waals surface area (Å²) in [4.78, 5) is 10.1. The standard InChI is InChI=1S/C16H18N2O5S/c1-2-13-6-8-16(9-7-13)23-10-11-24(21,22)17-14-4-3-5-15(12-14)18(19)20/h3-9,12,17H,2,10-11H2,1H3. The third-order valence-corrected chi connectivity index (χ3v) is 4.53. The van der Waals surface area contributed by atoms with Gasteiger partial charge >= 0.3 is 0 Å². The van der Waals surface area contributed by atoms with E-state index in [1.807, 2.05) is 19.1 Å². The summed E-state index contributed by atoms with van der Waals surface area (Å²) in [6.07, 6.45) is 0.918. The van der Waals surface area contributed by atoms with E-state index in [-0.39, 0.29) is 23.7 Å². The predicted octanol–water partition coefficient (Wildman–Crippen LogP) is 2.98. The maximum atomic E-state index is 12.0. The highest BCUT2D eigenvalue weighted by Crippen LogP contribution is 2.18. The second kappa shape index (κ2) is 7.78. The summed E-state index contributed by atoms with van der Waals surface area (Å²) in [5.41, 5.74) is 1.14. The predicted molar refractivity (Wildman–Crippen MR) is 91.8 cm³/mol. The Labute approximate surface area is 140 Å². The van der Waals surface area contributed by atoms with Gasteiger partial charge in [-0.3, -0.25) is 14.8 Å². The first-order chi connectivity index (χ1) is 11.4. The quantitative estimate of drug-likeness (QED) is 0.583. The summed E-state index contributed by atoms with van der Waals surface area (Å²) in [6, 6.07) is 12.8. The van der Waals surface area contributed by atoms with Gasteiger partial charge in [-0.1, -0.05) is 25.1 Å². The number of hydrogen-bond donors (Lipinski definition) is 1. The van der Waals surface area contributed by atoms with Crippen molar-refractivity contribution in [3.8, 4) is 5.75 Å². The minimum Gasteiger partial charge on any atom is -0.492 e. The highest BCUT2D eigenvalue weighted by molar-refractivity contribution is 7.92. The molecule has 2 rings (SSSR count). The van der Waals surface area contributed by atoms with E-state index in [2.05, 4.69) is 4.72 Å². The van der Waals surface area contributed by atoms with Crippen LogP contribution in [-0.4, -0.2) is 25.7 Å². The van der Waals surface area contributed by atoms with Crippen molar-refractivity contribution in [3.05, 3.63) is 64.2 Å². The van der Waals surface area contributed by atoms with Crippen molar-refractivity contribution in [1.29, 1.82) is 0 Å². The lowest BCUT2D eigenvalue weighted by atomic mass is 10.2. The van der Waals surface area contributed by atoms with Gasteiger partial charge in [0.15, 0.2) is 0 Å². The van der Waals surface area contributed by atoms with Crippen LogP contribution >= 0.6 is 0 Å². The maximum Gasteiger partial charge on any atom is 0.271 e. The monoisotopic (exact) mass is 350 g/mol. The number of nitrogens with zero attached hydrogens (tertiary/aromatic N) is 1. The lowest BCUT2D eigenvalue weighted by molar-refractivity contribution is -0.384. The Bertz CT molecular complexity index is 803. The van der Waals surface area contributed by atoms with Crippen LogP contribution in [0.25, 0.3) is 0 Å². The highest BCUT2D eigenvalue weighted by Gasteiger charge is 2.13. The van der Waals surface area contributed by atoms with Crippen LogP contribution in [0.15, 0.2) is 48.5 Å². The summed E-state index contributed by atoms with van der Waals surface area (Å²) in [5, 5.41) is 10.7. The molecule has 0 heterocycles. The summed E-state index contributed by atoms with van der Waals surface area (Å²) >= 11 is 0. The molecule has 2 aromatic rings. The number of nitro groups is 1. The van der Waals surface area contributed by atoms with Crippen LogP contribution in [0, 0.1) is 10.1 Å². The van der Waals surface area contributed by atoms with Crippen molar-refractivity contribution < 1.29 is 18.1 Å². The van der Waals surface area contributed by atoms with Gasteiger partial charge in [0.05, 0.1) is 10.6 Å². The van der Waals surface area contributed by atoms with E-state index in [0.717, 1.165) is 6.42 Å². The van der Waals surface area contributed by atoms with E-state index >= 15 is 0 Å². The number of non-ortho nitro benzene ring substituents is 1. The molecule has 0 fully saturated rings. The van der Waals surface area contributed by atoms with Crippen LogP contribution in [0.1, 0.15) is 12.5 Å². The van der Waals surface area contributed by atoms with Gasteiger partial charge < -0.3 is 4.74 Å². The average molecular weight is 350 g/mol. The summed E-state index contributed by atoms with van der Waals surface area (Å²) in [6.45, 7) is 2.03. The smallest absolute Gasteiger partial charge is 0.271 e. The average Bonchev–Trinajstić information content (AvgIpc) is 2.55. The number of ether oxygens (including phenoxy) is 1. The number of benzene rings is 2. The van der Waals surface area contributed by atoms with E-state index in [1.54, 1.807) is 12.1 Å². The van der Waals surface area contributed by atoms with Crippen molar-refractivity contribution in [2.45, 2.75) is 13.3 Å². The Kier molecular flexibility index (Phi) is 5.75. The number of rotatable bonds is 8. The molecule has 0 spiro atoms. The van der Waals surface area contributed by atoms with Crippen LogP contribution in [-0.2, 0) is 16.4 Å². The molecular weight excluding hydrogens is 332 g/mol. The minimum absolute atomic E-state index is 0.0181. The van der Waals surface area contributed by atoms with E-state index in [9.17, 15) is 18.5 Å². The molecule has 0 radical (unpaired) electrons. The molecule has 8 heteroatoms. The van der Waals surface area contributed by atoms with E-state index in [1.165, 1.54) is 29.8 Å². The summed E-state index contributed by atoms with van der Waals surface area (Å²) in [5.74, 6) is 0.336. The van der Waals surface area contributed by atoms with Crippen LogP contribution in [0.5, 0.6) is 5.75 Å². The van der Waals surface area contributed by atoms with E-state index < -0.39 is 14.9 Å². The Morgan fingerprint density at radius 3 is 2.50 bits per heavy atom. The molecule has 0 amide bonds. The molecular formula is C16H18N2O5S. The van der Waals surface area contributed by atoms with Gasteiger partial charge in [0.1, 0.15) is 18.1 Å². The molecule has 0 bridgehead atoms. The fourth-order valence-corrected chi connectivity index (χ4v) is 2.90. The summed E-state index contributed by atoms with van der Waals surface area (Å²) in [7, 11) is -3.66. The van der Waals surface area contributed by atoms with Gasteiger partial charge in [0.2, 0.25) is 10.0 Å². The first kappa shape index (κ1) is 17.7. The SMILES string of the molecule is CCc1ccc(OCCS(=O)(=O)Nc2cccc([N+](=O)[O-])c2)cc1. The molecule has 0 unspecified atom stereocenters. The molecule has 128 valence electrons. The number of aryl methyl sites for hydroxylation is 1. The molecule has 7 nitrogen and oxygen atoms in total. The van der Waals surface area contributed by atoms with Crippen molar-refractivity contribution in [1.82, 2.24) is 0 Å². The number of anilines is 1. The topological polar surface area (TPSA) is 98.5 Å². The van der Waals surface area contributed by atoms with Crippen molar-refractivity contribution >= 4 is 21.4 Å². The lowest BCUT2D eigenvalue weighted by Crippen LogP contribution is -2.21. The fourth-order valence-electron chi connectivity index (χ4n) is 2.00. The van der Waals surface area contributed by atoms with E-state index in [4.69, 9.17) is 4.74 Å². The Morgan fingerprint density at radius 2 is 1.88 bits per heavy atom. The number of hydrogen-bond acceptors (Lipinski definition) is 5. The third kappa shape index (κ3) is 5.24. The number of nitro benzene ring substituents is 1. The van der Waals surface area contributed by atoms with Gasteiger partial charge in [-0.15, -0.1) is 0 Å². The van der Waals surface area contributed by atoms with Crippen molar-refractivity contribution in [2.24, 2.45) is 0 Å². The fraction of sp³-hybridized carbons (Fsp3) is 0.250. The minimum atomic E-state index is -3.66. The van der Waals surface area contributed by atoms with E-state index in [0.29, 0.717) is 5.75 Å². The van der Waals surface area contributed by atoms with Crippen LogP contribution < -0.4 is 9.46 Å². The van der Waals surface area contributed by atoms with Gasteiger partial charge in [0, 0.05) is 12.1 Å². The summed E-state index contributed by atoms with van der Waals surface area (Å²) < 4.78 is 31.7. The first-order valence-electron chi connectivity index (χ1n) is 7.36. The Balaban J connectivity index is 1.91. The molecule has 0 aromatic heterocycles. The zero-order valence-electron chi connectivity index (χ0n) is 13.1. The molecule has 0 saturated heterocycles. The number of sulfonamides is 1. The normalized spacial score (nSPS) is 11.0. The number of nitrogens with one attached hydrogen (secondary N) is 1. The molecule has 0 aliphatic rings. The molecule has 0 aliphatic carbocycles. The van der Waals surface area contributed by atoms with Crippen LogP contribution in [0.3, 0.4) is 0 Å². The molecule has 0 saturated carbocycles. The molecule has 2 aromatic carbocycles. The van der Waals surface area contributed by atoms with Crippen LogP contribution in [0.2, 0.25) is 0 Å².